The maximum absolute atomic E-state index is 15.4. The number of nitrogens with zero attached hydrogens (tertiary/aromatic N) is 3. The van der Waals surface area contributed by atoms with Gasteiger partial charge in [0.2, 0.25) is 0 Å². The van der Waals surface area contributed by atoms with Crippen molar-refractivity contribution in [3.05, 3.63) is 106 Å². The number of amides is 1. The van der Waals surface area contributed by atoms with E-state index in [-0.39, 0.29) is 17.3 Å². The molecule has 0 bridgehead atoms. The highest BCUT2D eigenvalue weighted by Gasteiger charge is 2.34. The number of likely N-dealkylation sites (N-methyl/N-ethyl adjacent to an activating group) is 1. The van der Waals surface area contributed by atoms with E-state index in [2.05, 4.69) is 43.9 Å². The Morgan fingerprint density at radius 1 is 1.03 bits per heavy atom. The van der Waals surface area contributed by atoms with Gasteiger partial charge in [-0.15, -0.1) is 0 Å². The van der Waals surface area contributed by atoms with Crippen LogP contribution in [0.2, 0.25) is 0 Å². The Hall–Kier alpha value is -3.64. The molecule has 2 aliphatic rings. The van der Waals surface area contributed by atoms with Crippen LogP contribution < -0.4 is 4.90 Å². The number of hydrogen-bond acceptors (Lipinski definition) is 4. The zero-order valence-corrected chi connectivity index (χ0v) is 23.1. The van der Waals surface area contributed by atoms with Crippen LogP contribution >= 0.6 is 11.8 Å². The Morgan fingerprint density at radius 3 is 2.42 bits per heavy atom. The summed E-state index contributed by atoms with van der Waals surface area (Å²) < 4.78 is 15.4. The first-order valence-corrected chi connectivity index (χ1v) is 13.7. The zero-order valence-electron chi connectivity index (χ0n) is 22.2. The Kier molecular flexibility index (Phi) is 7.26. The van der Waals surface area contributed by atoms with Crippen LogP contribution in [-0.2, 0) is 11.2 Å². The second-order valence-electron chi connectivity index (χ2n) is 10.3. The number of thioether (sulfide) groups is 1. The first-order valence-electron chi connectivity index (χ1n) is 12.9. The van der Waals surface area contributed by atoms with Crippen LogP contribution in [0.1, 0.15) is 43.9 Å². The van der Waals surface area contributed by atoms with Crippen LogP contribution in [0, 0.1) is 5.82 Å². The van der Waals surface area contributed by atoms with Gasteiger partial charge in [0.05, 0.1) is 16.1 Å². The average Bonchev–Trinajstić information content (AvgIpc) is 3.18. The van der Waals surface area contributed by atoms with E-state index in [1.807, 2.05) is 61.6 Å². The molecule has 1 saturated heterocycles. The summed E-state index contributed by atoms with van der Waals surface area (Å²) in [6.07, 6.45) is 5.53. The molecule has 3 aromatic rings. The molecule has 0 unspecified atom stereocenters. The van der Waals surface area contributed by atoms with Crippen molar-refractivity contribution in [3.63, 3.8) is 0 Å². The number of benzene rings is 3. The minimum Gasteiger partial charge on any atom is -0.365 e. The molecule has 0 atom stereocenters. The fraction of sp³-hybridized carbons (Fsp3) is 0.250. The van der Waals surface area contributed by atoms with Gasteiger partial charge in [-0.25, -0.2) is 9.38 Å². The van der Waals surface area contributed by atoms with Gasteiger partial charge in [-0.1, -0.05) is 54.6 Å². The number of amidine groups is 1. The van der Waals surface area contributed by atoms with Crippen LogP contribution in [-0.4, -0.2) is 35.1 Å². The molecular formula is C32H32FN3OS. The van der Waals surface area contributed by atoms with Crippen molar-refractivity contribution in [1.29, 1.82) is 0 Å². The number of aryl methyl sites for hydroxylation is 1. The standard InChI is InChI=1S/C32H32FN3OS/c1-22-21-32(2,3)35(4)28-20-27(33)24(18-26(22)28)19-29-30(37)36(17-11-14-23-12-7-5-8-13-23)31(38-29)34-25-15-9-6-10-16-25/h5-10,12-13,15-16,18-21H,11,14,17H2,1-4H3/b29-19+,34-31?. The van der Waals surface area contributed by atoms with Crippen LogP contribution in [0.3, 0.4) is 0 Å². The number of halogens is 1. The minimum absolute atomic E-state index is 0.139. The number of carbonyl (C=O) groups excluding carboxylic acids is 1. The molecule has 0 spiro atoms. The van der Waals surface area contributed by atoms with Crippen molar-refractivity contribution < 1.29 is 9.18 Å². The lowest BCUT2D eigenvalue weighted by Crippen LogP contribution is -2.42. The molecule has 38 heavy (non-hydrogen) atoms. The minimum atomic E-state index is -0.342. The van der Waals surface area contributed by atoms with Crippen LogP contribution in [0.25, 0.3) is 11.6 Å². The van der Waals surface area contributed by atoms with E-state index >= 15 is 4.39 Å². The third kappa shape index (κ3) is 5.32. The first kappa shape index (κ1) is 26.0. The number of hydrogen-bond donors (Lipinski definition) is 0. The van der Waals surface area contributed by atoms with Gasteiger partial charge in [0.25, 0.3) is 5.91 Å². The molecule has 1 amide bonds. The van der Waals surface area contributed by atoms with Crippen molar-refractivity contribution >= 4 is 45.9 Å². The summed E-state index contributed by atoms with van der Waals surface area (Å²) in [6, 6.07) is 23.3. The molecule has 0 saturated carbocycles. The van der Waals surface area contributed by atoms with Gasteiger partial charge in [0, 0.05) is 30.4 Å². The maximum atomic E-state index is 15.4. The molecule has 0 N–H and O–H groups in total. The summed E-state index contributed by atoms with van der Waals surface area (Å²) >= 11 is 1.31. The maximum Gasteiger partial charge on any atom is 0.266 e. The van der Waals surface area contributed by atoms with Gasteiger partial charge in [-0.05, 0) is 86.9 Å². The molecule has 1 fully saturated rings. The van der Waals surface area contributed by atoms with Crippen LogP contribution in [0.15, 0.2) is 88.8 Å². The topological polar surface area (TPSA) is 35.9 Å². The Morgan fingerprint density at radius 2 is 1.71 bits per heavy atom. The molecule has 0 radical (unpaired) electrons. The summed E-state index contributed by atoms with van der Waals surface area (Å²) in [5, 5.41) is 0.622. The molecule has 4 nitrogen and oxygen atoms in total. The highest BCUT2D eigenvalue weighted by atomic mass is 32.2. The lowest BCUT2D eigenvalue weighted by atomic mass is 9.88. The lowest BCUT2D eigenvalue weighted by molar-refractivity contribution is -0.122. The fourth-order valence-corrected chi connectivity index (χ4v) is 5.94. The van der Waals surface area contributed by atoms with Crippen LogP contribution in [0.5, 0.6) is 0 Å². The number of fused-ring (bicyclic) bond motifs is 1. The predicted molar refractivity (Wildman–Crippen MR) is 158 cm³/mol. The lowest BCUT2D eigenvalue weighted by Gasteiger charge is -2.40. The monoisotopic (exact) mass is 525 g/mol. The zero-order chi connectivity index (χ0) is 26.9. The van der Waals surface area contributed by atoms with Crippen LogP contribution in [0.4, 0.5) is 15.8 Å². The van der Waals surface area contributed by atoms with Gasteiger partial charge >= 0.3 is 0 Å². The number of anilines is 1. The smallest absolute Gasteiger partial charge is 0.266 e. The first-order chi connectivity index (χ1) is 18.2. The van der Waals surface area contributed by atoms with E-state index in [0.717, 1.165) is 35.4 Å². The van der Waals surface area contributed by atoms with Gasteiger partial charge in [-0.2, -0.15) is 0 Å². The van der Waals surface area contributed by atoms with Crippen molar-refractivity contribution in [3.8, 4) is 0 Å². The molecule has 3 aromatic carbocycles. The highest BCUT2D eigenvalue weighted by Crippen LogP contribution is 2.41. The molecule has 194 valence electrons. The second kappa shape index (κ2) is 10.6. The molecule has 0 aliphatic carbocycles. The number of carbonyl (C=O) groups is 1. The molecule has 0 aromatic heterocycles. The molecule has 5 rings (SSSR count). The van der Waals surface area contributed by atoms with E-state index in [4.69, 9.17) is 4.99 Å². The third-order valence-electron chi connectivity index (χ3n) is 7.18. The summed E-state index contributed by atoms with van der Waals surface area (Å²) in [7, 11) is 1.98. The average molecular weight is 526 g/mol. The molecule has 6 heteroatoms. The quantitative estimate of drug-likeness (QED) is 0.310. The van der Waals surface area contributed by atoms with Crippen molar-refractivity contribution in [2.75, 3.05) is 18.5 Å². The number of allylic oxidation sites excluding steroid dienone is 1. The van der Waals surface area contributed by atoms with E-state index in [1.165, 1.54) is 17.3 Å². The summed E-state index contributed by atoms with van der Waals surface area (Å²) in [4.78, 5) is 22.6. The number of aliphatic imine (C=N–C) groups is 1. The summed E-state index contributed by atoms with van der Waals surface area (Å²) in [6.45, 7) is 6.82. The van der Waals surface area contributed by atoms with E-state index < -0.39 is 0 Å². The number of rotatable bonds is 6. The Bertz CT molecular complexity index is 1440. The normalized spacial score (nSPS) is 18.8. The van der Waals surface area contributed by atoms with E-state index in [1.54, 1.807) is 17.0 Å². The third-order valence-corrected chi connectivity index (χ3v) is 8.19. The molecular weight excluding hydrogens is 493 g/mol. The van der Waals surface area contributed by atoms with Gasteiger partial charge in [0.15, 0.2) is 5.17 Å². The Labute approximate surface area is 228 Å². The van der Waals surface area contributed by atoms with Crippen molar-refractivity contribution in [2.45, 2.75) is 39.2 Å². The van der Waals surface area contributed by atoms with Crippen molar-refractivity contribution in [1.82, 2.24) is 4.90 Å². The highest BCUT2D eigenvalue weighted by molar-refractivity contribution is 8.18. The number of para-hydroxylation sites is 1. The fourth-order valence-electron chi connectivity index (χ4n) is 4.93. The second-order valence-corrected chi connectivity index (χ2v) is 11.3. The molecule has 2 aliphatic heterocycles. The van der Waals surface area contributed by atoms with Gasteiger partial charge < -0.3 is 4.90 Å². The van der Waals surface area contributed by atoms with Gasteiger partial charge in [-0.3, -0.25) is 9.69 Å². The van der Waals surface area contributed by atoms with E-state index in [9.17, 15) is 4.79 Å². The van der Waals surface area contributed by atoms with Gasteiger partial charge in [0.1, 0.15) is 5.82 Å². The largest absolute Gasteiger partial charge is 0.365 e. The Balaban J connectivity index is 1.46. The summed E-state index contributed by atoms with van der Waals surface area (Å²) in [5.74, 6) is -0.480. The predicted octanol–water partition coefficient (Wildman–Crippen LogP) is 7.69. The van der Waals surface area contributed by atoms with Crippen molar-refractivity contribution in [2.24, 2.45) is 4.99 Å². The van der Waals surface area contributed by atoms with E-state index in [0.29, 0.717) is 22.2 Å². The summed E-state index contributed by atoms with van der Waals surface area (Å²) in [5.41, 5.74) is 5.15. The molecule has 2 heterocycles. The SMILES string of the molecule is CC1=CC(C)(C)N(C)c2cc(F)c(/C=C3/SC(=Nc4ccccc4)N(CCCc4ccccc4)C3=O)cc21.